The van der Waals surface area contributed by atoms with Crippen LogP contribution in [-0.4, -0.2) is 42.5 Å². The van der Waals surface area contributed by atoms with E-state index in [9.17, 15) is 14.7 Å². The maximum absolute atomic E-state index is 13.2. The average Bonchev–Trinajstić information content (AvgIpc) is 3.17. The van der Waals surface area contributed by atoms with Gasteiger partial charge in [-0.25, -0.2) is 0 Å². The van der Waals surface area contributed by atoms with E-state index in [2.05, 4.69) is 0 Å². The van der Waals surface area contributed by atoms with E-state index in [-0.39, 0.29) is 32.7 Å². The highest BCUT2D eigenvalue weighted by atomic mass is 35.5. The van der Waals surface area contributed by atoms with Crippen molar-refractivity contribution in [3.63, 3.8) is 0 Å². The summed E-state index contributed by atoms with van der Waals surface area (Å²) < 4.78 is 16.7. The summed E-state index contributed by atoms with van der Waals surface area (Å²) >= 11 is 12.6. The van der Waals surface area contributed by atoms with Crippen molar-refractivity contribution in [3.8, 4) is 17.2 Å². The molecule has 0 spiro atoms. The van der Waals surface area contributed by atoms with Gasteiger partial charge in [-0.3, -0.25) is 9.59 Å². The summed E-state index contributed by atoms with van der Waals surface area (Å²) in [4.78, 5) is 27.7. The van der Waals surface area contributed by atoms with Crippen molar-refractivity contribution in [2.24, 2.45) is 0 Å². The zero-order valence-electron chi connectivity index (χ0n) is 21.2. The predicted octanol–water partition coefficient (Wildman–Crippen LogP) is 6.42. The average molecular weight is 556 g/mol. The summed E-state index contributed by atoms with van der Waals surface area (Å²) in [6.45, 7) is 2.55. The first-order valence-electron chi connectivity index (χ1n) is 12.0. The van der Waals surface area contributed by atoms with Gasteiger partial charge in [0.1, 0.15) is 12.4 Å². The summed E-state index contributed by atoms with van der Waals surface area (Å²) in [6.07, 6.45) is 0.610. The van der Waals surface area contributed by atoms with Gasteiger partial charge in [-0.15, -0.1) is 0 Å². The molecule has 3 aromatic carbocycles. The monoisotopic (exact) mass is 555 g/mol. The Hall–Kier alpha value is -3.68. The molecule has 1 amide bonds. The van der Waals surface area contributed by atoms with Crippen molar-refractivity contribution in [3.05, 3.63) is 93.0 Å². The Balaban J connectivity index is 1.78. The molecule has 1 aliphatic heterocycles. The second-order valence-electron chi connectivity index (χ2n) is 8.65. The molecule has 0 aliphatic carbocycles. The fourth-order valence-corrected chi connectivity index (χ4v) is 5.10. The lowest BCUT2D eigenvalue weighted by molar-refractivity contribution is -0.139. The molecule has 0 bridgehead atoms. The molecule has 0 saturated carbocycles. The number of aliphatic hydroxyl groups is 1. The first-order valence-corrected chi connectivity index (χ1v) is 12.7. The van der Waals surface area contributed by atoms with E-state index < -0.39 is 17.7 Å². The number of ketones is 1. The van der Waals surface area contributed by atoms with Gasteiger partial charge in [-0.05, 0) is 41.8 Å². The molecule has 1 aliphatic rings. The SMILES string of the molecule is CCCN1C(=O)C(=O)/C(=C(/O)c2cc(Cl)c(OC)c(Cl)c2)C1c1ccc(OCc2ccccc2)c(OC)c1. The highest BCUT2D eigenvalue weighted by molar-refractivity contribution is 6.46. The topological polar surface area (TPSA) is 85.3 Å². The fraction of sp³-hybridized carbons (Fsp3) is 0.241. The quantitative estimate of drug-likeness (QED) is 0.186. The predicted molar refractivity (Wildman–Crippen MR) is 146 cm³/mol. The summed E-state index contributed by atoms with van der Waals surface area (Å²) in [6, 6.07) is 16.9. The van der Waals surface area contributed by atoms with E-state index in [1.807, 2.05) is 37.3 Å². The molecule has 0 aromatic heterocycles. The number of hydrogen-bond acceptors (Lipinski definition) is 6. The largest absolute Gasteiger partial charge is 0.507 e. The second-order valence-corrected chi connectivity index (χ2v) is 9.46. The molecule has 38 heavy (non-hydrogen) atoms. The van der Waals surface area contributed by atoms with Crippen molar-refractivity contribution in [2.45, 2.75) is 26.0 Å². The maximum atomic E-state index is 13.2. The second kappa shape index (κ2) is 11.8. The number of amides is 1. The normalized spacial score (nSPS) is 16.6. The van der Waals surface area contributed by atoms with E-state index >= 15 is 0 Å². The molecule has 9 heteroatoms. The van der Waals surface area contributed by atoms with Crippen LogP contribution in [0.1, 0.15) is 36.1 Å². The number of likely N-dealkylation sites (tertiary alicyclic amines) is 1. The summed E-state index contributed by atoms with van der Waals surface area (Å²) in [5.41, 5.74) is 1.69. The van der Waals surface area contributed by atoms with Crippen LogP contribution < -0.4 is 14.2 Å². The number of halogens is 2. The Labute approximate surface area is 231 Å². The Morgan fingerprint density at radius 2 is 1.63 bits per heavy atom. The minimum absolute atomic E-state index is 0.0687. The van der Waals surface area contributed by atoms with E-state index in [0.29, 0.717) is 36.6 Å². The number of benzene rings is 3. The zero-order chi connectivity index (χ0) is 27.4. The van der Waals surface area contributed by atoms with Gasteiger partial charge in [-0.1, -0.05) is 66.5 Å². The minimum Gasteiger partial charge on any atom is -0.507 e. The number of aliphatic hydroxyl groups excluding tert-OH is 1. The third-order valence-corrected chi connectivity index (χ3v) is 6.78. The molecule has 1 fully saturated rings. The number of carbonyl (C=O) groups is 2. The summed E-state index contributed by atoms with van der Waals surface area (Å²) in [7, 11) is 2.93. The highest BCUT2D eigenvalue weighted by Gasteiger charge is 2.46. The van der Waals surface area contributed by atoms with Crippen LogP contribution in [0.3, 0.4) is 0 Å². The molecular weight excluding hydrogens is 529 g/mol. The molecule has 3 aromatic rings. The van der Waals surface area contributed by atoms with Crippen molar-refractivity contribution in [1.82, 2.24) is 4.90 Å². The number of ether oxygens (including phenoxy) is 3. The highest BCUT2D eigenvalue weighted by Crippen LogP contribution is 2.43. The number of rotatable bonds is 9. The summed E-state index contributed by atoms with van der Waals surface area (Å²) in [5.74, 6) is -0.720. The fourth-order valence-electron chi connectivity index (χ4n) is 4.45. The molecule has 1 unspecified atom stereocenters. The van der Waals surface area contributed by atoms with Gasteiger partial charge < -0.3 is 24.2 Å². The number of Topliss-reactive ketones (excluding diaryl/α,β-unsaturated/α-hetero) is 1. The lowest BCUT2D eigenvalue weighted by Crippen LogP contribution is -2.30. The minimum atomic E-state index is -0.855. The van der Waals surface area contributed by atoms with Gasteiger partial charge in [-0.2, -0.15) is 0 Å². The number of carbonyl (C=O) groups excluding carboxylic acids is 2. The van der Waals surface area contributed by atoms with Crippen LogP contribution in [0.2, 0.25) is 10.0 Å². The van der Waals surface area contributed by atoms with Gasteiger partial charge in [0, 0.05) is 12.1 Å². The molecule has 1 N–H and O–H groups in total. The first-order chi connectivity index (χ1) is 18.3. The maximum Gasteiger partial charge on any atom is 0.295 e. The molecule has 1 saturated heterocycles. The van der Waals surface area contributed by atoms with Crippen LogP contribution in [0, 0.1) is 0 Å². The van der Waals surface area contributed by atoms with Crippen molar-refractivity contribution in [1.29, 1.82) is 0 Å². The third kappa shape index (κ3) is 5.30. The van der Waals surface area contributed by atoms with Gasteiger partial charge in [0.15, 0.2) is 17.2 Å². The third-order valence-electron chi connectivity index (χ3n) is 6.22. The molecule has 198 valence electrons. The molecule has 1 heterocycles. The number of methoxy groups -OCH3 is 2. The zero-order valence-corrected chi connectivity index (χ0v) is 22.7. The van der Waals surface area contributed by atoms with Crippen molar-refractivity contribution in [2.75, 3.05) is 20.8 Å². The summed E-state index contributed by atoms with van der Waals surface area (Å²) in [5, 5.41) is 11.6. The molecule has 1 atom stereocenters. The Morgan fingerprint density at radius 1 is 0.947 bits per heavy atom. The van der Waals surface area contributed by atoms with Crippen molar-refractivity contribution >= 4 is 40.7 Å². The lowest BCUT2D eigenvalue weighted by atomic mass is 9.95. The van der Waals surface area contributed by atoms with E-state index in [1.165, 1.54) is 31.3 Å². The Bertz CT molecular complexity index is 1370. The Kier molecular flexibility index (Phi) is 8.49. The first kappa shape index (κ1) is 27.4. The van der Waals surface area contributed by atoms with E-state index in [0.717, 1.165) is 5.56 Å². The molecular formula is C29H27Cl2NO6. The van der Waals surface area contributed by atoms with Gasteiger partial charge in [0.2, 0.25) is 0 Å². The van der Waals surface area contributed by atoms with E-state index in [4.69, 9.17) is 37.4 Å². The molecule has 4 rings (SSSR count). The van der Waals surface area contributed by atoms with Crippen LogP contribution in [0.5, 0.6) is 17.2 Å². The lowest BCUT2D eigenvalue weighted by Gasteiger charge is -2.25. The van der Waals surface area contributed by atoms with Crippen LogP contribution in [0.15, 0.2) is 66.2 Å². The van der Waals surface area contributed by atoms with Crippen LogP contribution >= 0.6 is 23.2 Å². The molecule has 7 nitrogen and oxygen atoms in total. The van der Waals surface area contributed by atoms with Crippen LogP contribution in [-0.2, 0) is 16.2 Å². The van der Waals surface area contributed by atoms with Crippen molar-refractivity contribution < 1.29 is 28.9 Å². The van der Waals surface area contributed by atoms with Gasteiger partial charge in [0.25, 0.3) is 11.7 Å². The van der Waals surface area contributed by atoms with Gasteiger partial charge >= 0.3 is 0 Å². The molecule has 0 radical (unpaired) electrons. The van der Waals surface area contributed by atoms with Crippen LogP contribution in [0.25, 0.3) is 5.76 Å². The number of hydrogen-bond donors (Lipinski definition) is 1. The Morgan fingerprint density at radius 3 is 2.24 bits per heavy atom. The van der Waals surface area contributed by atoms with E-state index in [1.54, 1.807) is 18.2 Å². The number of nitrogens with zero attached hydrogens (tertiary/aromatic N) is 1. The standard InChI is InChI=1S/C29H27Cl2NO6/c1-4-12-32-25(18-10-11-22(23(15-18)36-2)38-16-17-8-6-5-7-9-17)24(27(34)29(32)35)26(33)19-13-20(30)28(37-3)21(31)14-19/h5-11,13-15,25,33H,4,12,16H2,1-3H3/b26-24+. The van der Waals surface area contributed by atoms with Crippen LogP contribution in [0.4, 0.5) is 0 Å². The van der Waals surface area contributed by atoms with Gasteiger partial charge in [0.05, 0.1) is 35.9 Å². The smallest absolute Gasteiger partial charge is 0.295 e.